The van der Waals surface area contributed by atoms with Crippen molar-refractivity contribution in [2.45, 2.75) is 37.6 Å². The molecule has 0 N–H and O–H groups in total. The first-order valence-electron chi connectivity index (χ1n) is 16.1. The van der Waals surface area contributed by atoms with E-state index in [0.29, 0.717) is 0 Å². The van der Waals surface area contributed by atoms with Gasteiger partial charge in [0.25, 0.3) is 0 Å². The lowest BCUT2D eigenvalue weighted by Crippen LogP contribution is -2.29. The molecule has 0 amide bonds. The second-order valence-electron chi connectivity index (χ2n) is 12.6. The molecular formula is C41H31N3S. The summed E-state index contributed by atoms with van der Waals surface area (Å²) in [4.78, 5) is 8.65. The first-order valence-corrected chi connectivity index (χ1v) is 16.9. The molecule has 1 aliphatic heterocycles. The molecule has 3 nitrogen and oxygen atoms in total. The molecule has 45 heavy (non-hydrogen) atoms. The fourth-order valence-corrected chi connectivity index (χ4v) is 9.12. The zero-order chi connectivity index (χ0) is 29.5. The van der Waals surface area contributed by atoms with Crippen LogP contribution in [0.15, 0.2) is 115 Å². The van der Waals surface area contributed by atoms with Crippen LogP contribution < -0.4 is 4.90 Å². The third-order valence-corrected chi connectivity index (χ3v) is 11.2. The number of fused-ring (bicyclic) bond motifs is 9. The molecule has 0 radical (unpaired) electrons. The largest absolute Gasteiger partial charge is 0.332 e. The van der Waals surface area contributed by atoms with Gasteiger partial charge in [0.1, 0.15) is 4.83 Å². The van der Waals surface area contributed by atoms with Gasteiger partial charge in [-0.2, -0.15) is 0 Å². The van der Waals surface area contributed by atoms with Gasteiger partial charge in [0.2, 0.25) is 0 Å². The van der Waals surface area contributed by atoms with Gasteiger partial charge in [-0.15, -0.1) is 11.3 Å². The Labute approximate surface area is 266 Å². The van der Waals surface area contributed by atoms with Crippen LogP contribution in [0.3, 0.4) is 0 Å². The van der Waals surface area contributed by atoms with E-state index in [1.54, 1.807) is 22.5 Å². The highest BCUT2D eigenvalue weighted by molar-refractivity contribution is 7.25. The van der Waals surface area contributed by atoms with Crippen LogP contribution in [0.2, 0.25) is 0 Å². The average molecular weight is 598 g/mol. The van der Waals surface area contributed by atoms with Gasteiger partial charge in [0, 0.05) is 44.2 Å². The maximum Gasteiger partial charge on any atom is 0.124 e. The summed E-state index contributed by atoms with van der Waals surface area (Å²) in [5.74, 6) is 0.259. The molecule has 3 aromatic heterocycles. The van der Waals surface area contributed by atoms with Crippen molar-refractivity contribution in [3.05, 3.63) is 144 Å². The summed E-state index contributed by atoms with van der Waals surface area (Å²) >= 11 is 1.78. The minimum atomic E-state index is 0.198. The molecule has 4 heteroatoms. The molecule has 6 aromatic rings. The van der Waals surface area contributed by atoms with E-state index in [2.05, 4.69) is 137 Å². The number of benzene rings is 3. The monoisotopic (exact) mass is 597 g/mol. The lowest BCUT2D eigenvalue weighted by atomic mass is 9.90. The number of rotatable bonds is 3. The summed E-state index contributed by atoms with van der Waals surface area (Å²) in [5, 5.41) is 2.51. The van der Waals surface area contributed by atoms with Crippen molar-refractivity contribution in [3.63, 3.8) is 0 Å². The highest BCUT2D eigenvalue weighted by atomic mass is 32.1. The number of hydrogen-bond acceptors (Lipinski definition) is 3. The molecule has 0 saturated carbocycles. The normalized spacial score (nSPS) is 19.5. The SMILES string of the molecule is C1=Cc2c(c3c(n2C2=CC4c5ccccc5N(c5cnc6sc7ccc(-c8ccccc8)cc7c6c5)C4C=C2)C=CCC3)CC1. The van der Waals surface area contributed by atoms with Crippen molar-refractivity contribution < 1.29 is 0 Å². The van der Waals surface area contributed by atoms with Gasteiger partial charge in [0.05, 0.1) is 17.9 Å². The molecule has 3 aromatic carbocycles. The van der Waals surface area contributed by atoms with E-state index in [-0.39, 0.29) is 12.0 Å². The van der Waals surface area contributed by atoms with Gasteiger partial charge in [-0.1, -0.05) is 78.9 Å². The molecule has 4 aliphatic rings. The van der Waals surface area contributed by atoms with Gasteiger partial charge in [0.15, 0.2) is 0 Å². The number of para-hydroxylation sites is 1. The number of anilines is 2. The maximum absolute atomic E-state index is 5.05. The molecule has 0 spiro atoms. The highest BCUT2D eigenvalue weighted by Gasteiger charge is 2.39. The van der Waals surface area contributed by atoms with Gasteiger partial charge in [-0.25, -0.2) is 4.98 Å². The Morgan fingerprint density at radius 1 is 0.733 bits per heavy atom. The number of pyridine rings is 1. The van der Waals surface area contributed by atoms with Crippen molar-refractivity contribution in [2.24, 2.45) is 0 Å². The summed E-state index contributed by atoms with van der Waals surface area (Å²) in [6, 6.07) is 29.0. The van der Waals surface area contributed by atoms with Crippen LogP contribution in [-0.4, -0.2) is 15.6 Å². The minimum Gasteiger partial charge on any atom is -0.332 e. The third kappa shape index (κ3) is 3.79. The lowest BCUT2D eigenvalue weighted by molar-refractivity contribution is 0.740. The van der Waals surface area contributed by atoms with Crippen molar-refractivity contribution >= 4 is 60.9 Å². The van der Waals surface area contributed by atoms with Crippen LogP contribution in [0.4, 0.5) is 11.4 Å². The Morgan fingerprint density at radius 3 is 2.33 bits per heavy atom. The fraction of sp³-hybridized carbons (Fsp3) is 0.146. The highest BCUT2D eigenvalue weighted by Crippen LogP contribution is 2.50. The molecule has 0 fully saturated rings. The molecular weight excluding hydrogens is 567 g/mol. The summed E-state index contributed by atoms with van der Waals surface area (Å²) in [6.45, 7) is 0. The Morgan fingerprint density at radius 2 is 1.51 bits per heavy atom. The summed E-state index contributed by atoms with van der Waals surface area (Å²) < 4.78 is 3.81. The number of nitrogens with zero attached hydrogens (tertiary/aromatic N) is 3. The summed E-state index contributed by atoms with van der Waals surface area (Å²) in [5.41, 5.74) is 13.4. The quantitative estimate of drug-likeness (QED) is 0.202. The van der Waals surface area contributed by atoms with Crippen molar-refractivity contribution in [1.82, 2.24) is 9.55 Å². The van der Waals surface area contributed by atoms with Crippen LogP contribution >= 0.6 is 11.3 Å². The van der Waals surface area contributed by atoms with Gasteiger partial charge in [-0.05, 0) is 96.0 Å². The van der Waals surface area contributed by atoms with E-state index in [1.165, 1.54) is 54.9 Å². The molecule has 3 aliphatic carbocycles. The van der Waals surface area contributed by atoms with Crippen molar-refractivity contribution in [2.75, 3.05) is 4.90 Å². The minimum absolute atomic E-state index is 0.198. The smallest absolute Gasteiger partial charge is 0.124 e. The van der Waals surface area contributed by atoms with Crippen molar-refractivity contribution in [3.8, 4) is 11.1 Å². The third-order valence-electron chi connectivity index (χ3n) is 10.1. The summed E-state index contributed by atoms with van der Waals surface area (Å²) in [6.07, 6.45) is 23.4. The zero-order valence-corrected chi connectivity index (χ0v) is 25.7. The Kier molecular flexibility index (Phi) is 5.52. The Balaban J connectivity index is 1.09. The predicted octanol–water partition coefficient (Wildman–Crippen LogP) is 10.6. The van der Waals surface area contributed by atoms with Gasteiger partial charge < -0.3 is 9.47 Å². The van der Waals surface area contributed by atoms with E-state index < -0.39 is 0 Å². The molecule has 0 bridgehead atoms. The number of thiophene rings is 1. The maximum atomic E-state index is 5.05. The van der Waals surface area contributed by atoms with Crippen LogP contribution in [-0.2, 0) is 12.8 Å². The van der Waals surface area contributed by atoms with Crippen LogP contribution in [0.25, 0.3) is 49.3 Å². The van der Waals surface area contributed by atoms with E-state index in [4.69, 9.17) is 4.98 Å². The second-order valence-corrected chi connectivity index (χ2v) is 13.6. The predicted molar refractivity (Wildman–Crippen MR) is 190 cm³/mol. The Hall–Kier alpha value is -4.93. The molecule has 0 saturated heterocycles. The van der Waals surface area contributed by atoms with E-state index in [1.807, 2.05) is 0 Å². The lowest BCUT2D eigenvalue weighted by Gasteiger charge is -2.30. The molecule has 2 unspecified atom stereocenters. The Bertz CT molecular complexity index is 2250. The molecule has 2 atom stereocenters. The standard InChI is InChI=1S/C41H31N3S/c1-2-10-26(11-3-1)27-18-21-40-34(22-27)35-24-29(25-42-41(35)45-40)44-38-17-9-6-14-32(38)33-23-28(19-20-39(33)44)43-36-15-7-4-12-30(36)31-13-5-8-16-37(31)43/h1-3,6-11,14-25,33,39H,4-5,12-13H2. The fourth-order valence-electron chi connectivity index (χ4n) is 8.12. The molecule has 216 valence electrons. The van der Waals surface area contributed by atoms with E-state index >= 15 is 0 Å². The first-order chi connectivity index (χ1) is 22.3. The van der Waals surface area contributed by atoms with Crippen molar-refractivity contribution in [1.29, 1.82) is 0 Å². The zero-order valence-electron chi connectivity index (χ0n) is 24.9. The van der Waals surface area contributed by atoms with E-state index in [9.17, 15) is 0 Å². The van der Waals surface area contributed by atoms with Gasteiger partial charge >= 0.3 is 0 Å². The van der Waals surface area contributed by atoms with Crippen LogP contribution in [0, 0.1) is 0 Å². The average Bonchev–Trinajstić information content (AvgIpc) is 3.75. The van der Waals surface area contributed by atoms with Crippen LogP contribution in [0.1, 0.15) is 46.8 Å². The van der Waals surface area contributed by atoms with Gasteiger partial charge in [-0.3, -0.25) is 0 Å². The number of hydrogen-bond donors (Lipinski definition) is 0. The number of allylic oxidation sites excluding steroid dienone is 4. The summed E-state index contributed by atoms with van der Waals surface area (Å²) in [7, 11) is 0. The first kappa shape index (κ1) is 25.4. The van der Waals surface area contributed by atoms with Crippen LogP contribution in [0.5, 0.6) is 0 Å². The molecule has 4 heterocycles. The second kappa shape index (κ2) is 9.79. The molecule has 10 rings (SSSR count). The topological polar surface area (TPSA) is 21.1 Å². The van der Waals surface area contributed by atoms with E-state index in [0.717, 1.165) is 36.2 Å². The number of aromatic nitrogens is 2.